The summed E-state index contributed by atoms with van der Waals surface area (Å²) in [6.45, 7) is 0.561. The van der Waals surface area contributed by atoms with Crippen molar-refractivity contribution in [3.8, 4) is 23.0 Å². The van der Waals surface area contributed by atoms with Crippen molar-refractivity contribution in [2.45, 2.75) is 6.61 Å². The van der Waals surface area contributed by atoms with Gasteiger partial charge in [-0.1, -0.05) is 15.9 Å². The Morgan fingerprint density at radius 1 is 1.06 bits per heavy atom. The fourth-order valence-electron chi connectivity index (χ4n) is 3.58. The van der Waals surface area contributed by atoms with Crippen molar-refractivity contribution in [3.63, 3.8) is 0 Å². The van der Waals surface area contributed by atoms with Gasteiger partial charge in [0, 0.05) is 21.7 Å². The van der Waals surface area contributed by atoms with Crippen LogP contribution in [0.1, 0.15) is 31.8 Å². The van der Waals surface area contributed by atoms with E-state index >= 15 is 0 Å². The molecule has 0 fully saturated rings. The van der Waals surface area contributed by atoms with Gasteiger partial charge in [0.15, 0.2) is 12.6 Å². The smallest absolute Gasteiger partial charge is 0.343 e. The van der Waals surface area contributed by atoms with Crippen LogP contribution in [0.15, 0.2) is 64.8 Å². The van der Waals surface area contributed by atoms with E-state index in [0.29, 0.717) is 40.5 Å². The van der Waals surface area contributed by atoms with Crippen LogP contribution in [0.3, 0.4) is 0 Å². The first-order valence-corrected chi connectivity index (χ1v) is 10.8. The highest BCUT2D eigenvalue weighted by atomic mass is 79.9. The van der Waals surface area contributed by atoms with Gasteiger partial charge in [-0.3, -0.25) is 4.79 Å². The number of allylic oxidation sites excluding steroid dienone is 1. The Hall–Kier alpha value is -3.62. The van der Waals surface area contributed by atoms with E-state index in [2.05, 4.69) is 15.9 Å². The van der Waals surface area contributed by atoms with Crippen LogP contribution in [0.4, 0.5) is 0 Å². The van der Waals surface area contributed by atoms with Crippen LogP contribution >= 0.6 is 15.9 Å². The highest BCUT2D eigenvalue weighted by Crippen LogP contribution is 2.38. The van der Waals surface area contributed by atoms with E-state index in [4.69, 9.17) is 23.7 Å². The molecule has 8 heteroatoms. The van der Waals surface area contributed by atoms with E-state index < -0.39 is 5.97 Å². The number of Topliss-reactive ketones (excluding diaryl/α,β-unsaturated/α-hetero) is 1. The summed E-state index contributed by atoms with van der Waals surface area (Å²) in [6, 6.07) is 15.0. The molecule has 0 aromatic heterocycles. The molecule has 0 bridgehead atoms. The highest BCUT2D eigenvalue weighted by Gasteiger charge is 2.29. The minimum Gasteiger partial charge on any atom is -0.497 e. The SMILES string of the molecule is COc1ccc(C(=O)Oc2ccc3c(c2)O/C(=C\c2cc(Br)cc4c2OCOC4)C3=O)cc1. The second-order valence-electron chi connectivity index (χ2n) is 7.31. The van der Waals surface area contributed by atoms with Crippen molar-refractivity contribution in [2.24, 2.45) is 0 Å². The maximum Gasteiger partial charge on any atom is 0.343 e. The van der Waals surface area contributed by atoms with Gasteiger partial charge in [-0.2, -0.15) is 0 Å². The van der Waals surface area contributed by atoms with Gasteiger partial charge < -0.3 is 23.7 Å². The van der Waals surface area contributed by atoms with Crippen molar-refractivity contribution < 1.29 is 33.3 Å². The van der Waals surface area contributed by atoms with Gasteiger partial charge in [-0.15, -0.1) is 0 Å². The lowest BCUT2D eigenvalue weighted by Gasteiger charge is -2.20. The molecule has 0 unspecified atom stereocenters. The summed E-state index contributed by atoms with van der Waals surface area (Å²) in [5, 5.41) is 0. The van der Waals surface area contributed by atoms with Crippen LogP contribution in [-0.2, 0) is 11.3 Å². The number of halogens is 1. The summed E-state index contributed by atoms with van der Waals surface area (Å²) in [5.74, 6) is 1.23. The number of ether oxygens (including phenoxy) is 5. The van der Waals surface area contributed by atoms with Crippen molar-refractivity contribution in [1.82, 2.24) is 0 Å². The molecule has 0 radical (unpaired) electrons. The number of hydrogen-bond donors (Lipinski definition) is 0. The maximum absolute atomic E-state index is 12.9. The van der Waals surface area contributed by atoms with Crippen molar-refractivity contribution >= 4 is 33.8 Å². The Balaban J connectivity index is 1.38. The highest BCUT2D eigenvalue weighted by molar-refractivity contribution is 9.10. The van der Waals surface area contributed by atoms with Crippen LogP contribution in [0.5, 0.6) is 23.0 Å². The van der Waals surface area contributed by atoms with E-state index in [1.165, 1.54) is 6.07 Å². The number of carbonyl (C=O) groups is 2. The van der Waals surface area contributed by atoms with Gasteiger partial charge in [0.25, 0.3) is 0 Å². The Morgan fingerprint density at radius 2 is 1.85 bits per heavy atom. The molecule has 0 saturated heterocycles. The van der Waals surface area contributed by atoms with E-state index in [9.17, 15) is 9.59 Å². The van der Waals surface area contributed by atoms with Crippen molar-refractivity contribution in [1.29, 1.82) is 0 Å². The molecule has 166 valence electrons. The molecule has 0 amide bonds. The molecule has 33 heavy (non-hydrogen) atoms. The zero-order valence-corrected chi connectivity index (χ0v) is 19.0. The summed E-state index contributed by atoms with van der Waals surface area (Å²) >= 11 is 3.47. The largest absolute Gasteiger partial charge is 0.497 e. The first-order valence-electron chi connectivity index (χ1n) is 9.99. The summed E-state index contributed by atoms with van der Waals surface area (Å²) in [4.78, 5) is 25.3. The number of methoxy groups -OCH3 is 1. The Kier molecular flexibility index (Phi) is 5.62. The molecule has 3 aromatic carbocycles. The van der Waals surface area contributed by atoms with E-state index in [1.807, 2.05) is 12.1 Å². The molecule has 7 nitrogen and oxygen atoms in total. The second-order valence-corrected chi connectivity index (χ2v) is 8.23. The fraction of sp³-hybridized carbons (Fsp3) is 0.120. The number of ketones is 1. The van der Waals surface area contributed by atoms with Crippen LogP contribution in [0.25, 0.3) is 6.08 Å². The number of hydrogen-bond acceptors (Lipinski definition) is 7. The summed E-state index contributed by atoms with van der Waals surface area (Å²) in [5.41, 5.74) is 2.33. The summed E-state index contributed by atoms with van der Waals surface area (Å²) in [6.07, 6.45) is 1.64. The first-order chi connectivity index (χ1) is 16.0. The first kappa shape index (κ1) is 21.2. The Bertz CT molecular complexity index is 1290. The van der Waals surface area contributed by atoms with E-state index in [-0.39, 0.29) is 24.1 Å². The number of rotatable bonds is 4. The molecular formula is C25H17BrO7. The average molecular weight is 509 g/mol. The standard InChI is InChI=1S/C25H17BrO7/c1-29-18-4-2-14(3-5-18)25(28)32-19-6-7-20-21(11-19)33-22(23(20)27)10-15-8-17(26)9-16-12-30-13-31-24(15)16/h2-11H,12-13H2,1H3/b22-10-. The van der Waals surface area contributed by atoms with Gasteiger partial charge in [0.2, 0.25) is 5.78 Å². The summed E-state index contributed by atoms with van der Waals surface area (Å²) < 4.78 is 28.1. The van der Waals surface area contributed by atoms with E-state index in [0.717, 1.165) is 10.0 Å². The lowest BCUT2D eigenvalue weighted by molar-refractivity contribution is -0.0165. The molecule has 2 heterocycles. The topological polar surface area (TPSA) is 80.3 Å². The minimum absolute atomic E-state index is 0.142. The lowest BCUT2D eigenvalue weighted by atomic mass is 10.1. The predicted molar refractivity (Wildman–Crippen MR) is 122 cm³/mol. The number of carbonyl (C=O) groups excluding carboxylic acids is 2. The van der Waals surface area contributed by atoms with Gasteiger partial charge in [-0.05, 0) is 54.6 Å². The fourth-order valence-corrected chi connectivity index (χ4v) is 4.10. The molecule has 0 atom stereocenters. The average Bonchev–Trinajstić information content (AvgIpc) is 3.13. The normalized spacial score (nSPS) is 15.3. The van der Waals surface area contributed by atoms with Crippen molar-refractivity contribution in [3.05, 3.63) is 87.1 Å². The Morgan fingerprint density at radius 3 is 2.64 bits per heavy atom. The Labute approximate surface area is 197 Å². The minimum atomic E-state index is -0.530. The van der Waals surface area contributed by atoms with Crippen LogP contribution in [0, 0.1) is 0 Å². The molecule has 5 rings (SSSR count). The number of esters is 1. The lowest BCUT2D eigenvalue weighted by Crippen LogP contribution is -2.12. The third-order valence-corrected chi connectivity index (χ3v) is 5.63. The maximum atomic E-state index is 12.9. The van der Waals surface area contributed by atoms with Gasteiger partial charge in [0.05, 0.1) is 24.8 Å². The third-order valence-electron chi connectivity index (χ3n) is 5.17. The molecule has 0 aliphatic carbocycles. The molecule has 0 saturated carbocycles. The number of fused-ring (bicyclic) bond motifs is 2. The molecule has 3 aromatic rings. The van der Waals surface area contributed by atoms with Crippen molar-refractivity contribution in [2.75, 3.05) is 13.9 Å². The molecule has 0 spiro atoms. The quantitative estimate of drug-likeness (QED) is 0.273. The summed E-state index contributed by atoms with van der Waals surface area (Å²) in [7, 11) is 1.55. The zero-order valence-electron chi connectivity index (χ0n) is 17.4. The van der Waals surface area contributed by atoms with Gasteiger partial charge in [0.1, 0.15) is 23.0 Å². The van der Waals surface area contributed by atoms with Gasteiger partial charge in [-0.25, -0.2) is 4.79 Å². The molecular weight excluding hydrogens is 492 g/mol. The number of benzene rings is 3. The molecule has 2 aliphatic rings. The zero-order chi connectivity index (χ0) is 22.9. The third kappa shape index (κ3) is 4.22. The second kappa shape index (κ2) is 8.73. The predicted octanol–water partition coefficient (Wildman–Crippen LogP) is 5.16. The molecule has 0 N–H and O–H groups in total. The van der Waals surface area contributed by atoms with Crippen LogP contribution < -0.4 is 18.9 Å². The monoisotopic (exact) mass is 508 g/mol. The van der Waals surface area contributed by atoms with Crippen LogP contribution in [-0.4, -0.2) is 25.7 Å². The van der Waals surface area contributed by atoms with E-state index in [1.54, 1.807) is 49.6 Å². The molecule has 2 aliphatic heterocycles. The van der Waals surface area contributed by atoms with Crippen LogP contribution in [0.2, 0.25) is 0 Å². The van der Waals surface area contributed by atoms with Gasteiger partial charge >= 0.3 is 5.97 Å².